The predicted molar refractivity (Wildman–Crippen MR) is 115 cm³/mol. The molecule has 7 heteroatoms. The Morgan fingerprint density at radius 3 is 2.52 bits per heavy atom. The number of aryl methyl sites for hydroxylation is 2. The van der Waals surface area contributed by atoms with Gasteiger partial charge in [0.25, 0.3) is 5.91 Å². The van der Waals surface area contributed by atoms with Gasteiger partial charge in [0.05, 0.1) is 18.0 Å². The molecular formula is C22H28N2O4S. The van der Waals surface area contributed by atoms with E-state index in [1.54, 1.807) is 18.2 Å². The zero-order valence-corrected chi connectivity index (χ0v) is 18.6. The molecule has 3 rings (SSSR count). The number of nitrogens with one attached hydrogen (secondary N) is 1. The first kappa shape index (κ1) is 21.2. The van der Waals surface area contributed by atoms with Crippen LogP contribution in [0.15, 0.2) is 36.4 Å². The van der Waals surface area contributed by atoms with Gasteiger partial charge in [0, 0.05) is 24.6 Å². The second kappa shape index (κ2) is 7.37. The first-order valence-electron chi connectivity index (χ1n) is 9.52. The summed E-state index contributed by atoms with van der Waals surface area (Å²) < 4.78 is 31.1. The van der Waals surface area contributed by atoms with E-state index in [4.69, 9.17) is 4.74 Å². The molecule has 0 bridgehead atoms. The van der Waals surface area contributed by atoms with Gasteiger partial charge in [0.15, 0.2) is 0 Å². The molecular weight excluding hydrogens is 388 g/mol. The molecule has 2 aromatic rings. The maximum Gasteiger partial charge on any atom is 0.251 e. The molecule has 6 nitrogen and oxygen atoms in total. The predicted octanol–water partition coefficient (Wildman–Crippen LogP) is 3.73. The van der Waals surface area contributed by atoms with Crippen molar-refractivity contribution in [3.8, 4) is 5.75 Å². The fourth-order valence-electron chi connectivity index (χ4n) is 3.61. The van der Waals surface area contributed by atoms with Crippen LogP contribution in [0.4, 0.5) is 5.69 Å². The molecule has 1 atom stereocenters. The van der Waals surface area contributed by atoms with Crippen LogP contribution in [0.25, 0.3) is 0 Å². The number of hydrogen-bond acceptors (Lipinski definition) is 4. The highest BCUT2D eigenvalue weighted by molar-refractivity contribution is 7.92. The van der Waals surface area contributed by atoms with Crippen LogP contribution in [0.1, 0.15) is 53.4 Å². The van der Waals surface area contributed by atoms with Gasteiger partial charge in [-0.2, -0.15) is 0 Å². The van der Waals surface area contributed by atoms with E-state index >= 15 is 0 Å². The van der Waals surface area contributed by atoms with Crippen molar-refractivity contribution in [2.24, 2.45) is 0 Å². The van der Waals surface area contributed by atoms with Crippen LogP contribution in [0.3, 0.4) is 0 Å². The third-order valence-electron chi connectivity index (χ3n) is 5.24. The number of carbonyl (C=O) groups is 1. The van der Waals surface area contributed by atoms with Crippen molar-refractivity contribution in [2.75, 3.05) is 17.6 Å². The SMILES string of the molecule is Cc1ccc2c(c1)C(NC(=O)c1ccc(C)c(N(C)S(C)(=O)=O)c1)CC(C)(C)O2. The molecule has 1 unspecified atom stereocenters. The topological polar surface area (TPSA) is 75.7 Å². The van der Waals surface area contributed by atoms with Crippen molar-refractivity contribution in [2.45, 2.75) is 45.8 Å². The third-order valence-corrected chi connectivity index (χ3v) is 6.43. The zero-order valence-electron chi connectivity index (χ0n) is 17.7. The molecule has 1 heterocycles. The first-order valence-corrected chi connectivity index (χ1v) is 11.4. The van der Waals surface area contributed by atoms with Crippen molar-refractivity contribution in [1.82, 2.24) is 5.32 Å². The Hall–Kier alpha value is -2.54. The standard InChI is InChI=1S/C22H28N2O4S/c1-14-7-10-20-17(11-14)18(13-22(3,4)28-20)23-21(25)16-9-8-15(2)19(12-16)24(5)29(6,26)27/h7-12,18H,13H2,1-6H3,(H,23,25). The van der Waals surface area contributed by atoms with Crippen LogP contribution in [0, 0.1) is 13.8 Å². The fourth-order valence-corrected chi connectivity index (χ4v) is 4.17. The molecule has 0 aliphatic carbocycles. The molecule has 1 N–H and O–H groups in total. The second-order valence-corrected chi connectivity index (χ2v) is 10.4. The number of sulfonamides is 1. The first-order chi connectivity index (χ1) is 13.4. The molecule has 1 amide bonds. The van der Waals surface area contributed by atoms with Gasteiger partial charge in [0.1, 0.15) is 11.4 Å². The summed E-state index contributed by atoms with van der Waals surface area (Å²) in [5, 5.41) is 3.11. The van der Waals surface area contributed by atoms with Gasteiger partial charge in [-0.15, -0.1) is 0 Å². The van der Waals surface area contributed by atoms with Gasteiger partial charge in [-0.25, -0.2) is 8.42 Å². The van der Waals surface area contributed by atoms with Crippen LogP contribution in [0.5, 0.6) is 5.75 Å². The third kappa shape index (κ3) is 4.56. The monoisotopic (exact) mass is 416 g/mol. The number of benzene rings is 2. The number of ether oxygens (including phenoxy) is 1. The quantitative estimate of drug-likeness (QED) is 0.824. The maximum absolute atomic E-state index is 13.0. The highest BCUT2D eigenvalue weighted by Gasteiger charge is 2.34. The molecule has 1 aliphatic heterocycles. The summed E-state index contributed by atoms with van der Waals surface area (Å²) >= 11 is 0. The lowest BCUT2D eigenvalue weighted by Crippen LogP contribution is -2.41. The van der Waals surface area contributed by atoms with E-state index in [-0.39, 0.29) is 11.9 Å². The Morgan fingerprint density at radius 2 is 1.86 bits per heavy atom. The van der Waals surface area contributed by atoms with Crippen molar-refractivity contribution in [3.05, 3.63) is 58.7 Å². The van der Waals surface area contributed by atoms with Crippen molar-refractivity contribution in [3.63, 3.8) is 0 Å². The van der Waals surface area contributed by atoms with E-state index < -0.39 is 15.6 Å². The Labute approximate surface area is 172 Å². The van der Waals surface area contributed by atoms with E-state index in [0.29, 0.717) is 17.7 Å². The Balaban J connectivity index is 1.92. The van der Waals surface area contributed by atoms with E-state index in [1.165, 1.54) is 11.4 Å². The number of amides is 1. The molecule has 2 aromatic carbocycles. The van der Waals surface area contributed by atoms with E-state index in [9.17, 15) is 13.2 Å². The summed E-state index contributed by atoms with van der Waals surface area (Å²) in [6.45, 7) is 7.82. The number of nitrogens with zero attached hydrogens (tertiary/aromatic N) is 1. The molecule has 0 spiro atoms. The van der Waals surface area contributed by atoms with Crippen molar-refractivity contribution >= 4 is 21.6 Å². The lowest BCUT2D eigenvalue weighted by Gasteiger charge is -2.38. The van der Waals surface area contributed by atoms with Gasteiger partial charge >= 0.3 is 0 Å². The normalized spacial score (nSPS) is 17.8. The van der Waals surface area contributed by atoms with Crippen molar-refractivity contribution < 1.29 is 17.9 Å². The summed E-state index contributed by atoms with van der Waals surface area (Å²) in [6.07, 6.45) is 1.78. The highest BCUT2D eigenvalue weighted by Crippen LogP contribution is 2.40. The Kier molecular flexibility index (Phi) is 5.38. The molecule has 0 saturated heterocycles. The number of fused-ring (bicyclic) bond motifs is 1. The minimum Gasteiger partial charge on any atom is -0.487 e. The lowest BCUT2D eigenvalue weighted by molar-refractivity contribution is 0.0619. The van der Waals surface area contributed by atoms with Gasteiger partial charge < -0.3 is 10.1 Å². The maximum atomic E-state index is 13.0. The number of hydrogen-bond donors (Lipinski definition) is 1. The molecule has 29 heavy (non-hydrogen) atoms. The Bertz CT molecular complexity index is 1060. The molecule has 0 fully saturated rings. The second-order valence-electron chi connectivity index (χ2n) is 8.36. The minimum absolute atomic E-state index is 0.196. The van der Waals surface area contributed by atoms with Crippen LogP contribution in [-0.2, 0) is 10.0 Å². The van der Waals surface area contributed by atoms with E-state index in [1.807, 2.05) is 45.9 Å². The summed E-state index contributed by atoms with van der Waals surface area (Å²) in [5.41, 5.74) is 3.33. The number of rotatable bonds is 4. The van der Waals surface area contributed by atoms with E-state index in [0.717, 1.165) is 28.7 Å². The van der Waals surface area contributed by atoms with Gasteiger partial charge in [-0.1, -0.05) is 23.8 Å². The minimum atomic E-state index is -3.42. The smallest absolute Gasteiger partial charge is 0.251 e. The van der Waals surface area contributed by atoms with Gasteiger partial charge in [-0.05, 0) is 51.5 Å². The zero-order chi connectivity index (χ0) is 21.6. The lowest BCUT2D eigenvalue weighted by atomic mass is 9.88. The Morgan fingerprint density at radius 1 is 1.17 bits per heavy atom. The average molecular weight is 417 g/mol. The molecule has 1 aliphatic rings. The summed E-state index contributed by atoms with van der Waals surface area (Å²) in [5.74, 6) is 0.530. The summed E-state index contributed by atoms with van der Waals surface area (Å²) in [7, 11) is -1.94. The largest absolute Gasteiger partial charge is 0.487 e. The molecule has 0 aromatic heterocycles. The molecule has 0 radical (unpaired) electrons. The van der Waals surface area contributed by atoms with E-state index in [2.05, 4.69) is 5.32 Å². The summed E-state index contributed by atoms with van der Waals surface area (Å²) in [6, 6.07) is 10.9. The number of anilines is 1. The molecule has 0 saturated carbocycles. The van der Waals surface area contributed by atoms with Crippen LogP contribution in [0.2, 0.25) is 0 Å². The molecule has 156 valence electrons. The van der Waals surface area contributed by atoms with Gasteiger partial charge in [-0.3, -0.25) is 9.10 Å². The average Bonchev–Trinajstić information content (AvgIpc) is 2.60. The summed E-state index contributed by atoms with van der Waals surface area (Å²) in [4.78, 5) is 13.0. The van der Waals surface area contributed by atoms with Gasteiger partial charge in [0.2, 0.25) is 10.0 Å². The van der Waals surface area contributed by atoms with Crippen molar-refractivity contribution in [1.29, 1.82) is 0 Å². The fraction of sp³-hybridized carbons (Fsp3) is 0.409. The van der Waals surface area contributed by atoms with Crippen LogP contribution in [-0.4, -0.2) is 33.2 Å². The number of carbonyl (C=O) groups excluding carboxylic acids is 1. The highest BCUT2D eigenvalue weighted by atomic mass is 32.2. The van der Waals surface area contributed by atoms with Crippen LogP contribution >= 0.6 is 0 Å². The van der Waals surface area contributed by atoms with Crippen LogP contribution < -0.4 is 14.4 Å².